The largest absolute Gasteiger partial charge is 0.441 e. The fourth-order valence-corrected chi connectivity index (χ4v) is 2.19. The van der Waals surface area contributed by atoms with Crippen LogP contribution in [0.5, 0.6) is 0 Å². The van der Waals surface area contributed by atoms with Crippen LogP contribution in [0.2, 0.25) is 0 Å². The Kier molecular flexibility index (Phi) is 2.15. The maximum absolute atomic E-state index is 11.0. The molecule has 13 heavy (non-hydrogen) atoms. The van der Waals surface area contributed by atoms with Gasteiger partial charge in [0.1, 0.15) is 5.60 Å². The van der Waals surface area contributed by atoms with E-state index in [-0.39, 0.29) is 11.7 Å². The molecule has 0 aromatic heterocycles. The topological polar surface area (TPSA) is 50.4 Å². The molecule has 0 aromatic carbocycles. The van der Waals surface area contributed by atoms with Crippen LogP contribution in [0.4, 0.5) is 4.79 Å². The van der Waals surface area contributed by atoms with E-state index in [1.54, 1.807) is 0 Å². The minimum atomic E-state index is -0.265. The van der Waals surface area contributed by atoms with E-state index in [1.807, 2.05) is 6.92 Å². The first-order chi connectivity index (χ1) is 6.21. The number of carbonyl (C=O) groups is 1. The summed E-state index contributed by atoms with van der Waals surface area (Å²) >= 11 is 0. The van der Waals surface area contributed by atoms with Crippen molar-refractivity contribution in [2.45, 2.75) is 25.4 Å². The summed E-state index contributed by atoms with van der Waals surface area (Å²) in [6.45, 7) is 4.77. The summed E-state index contributed by atoms with van der Waals surface area (Å²) in [5.74, 6) is 0.507. The molecule has 2 heterocycles. The minimum absolute atomic E-state index is 0.263. The van der Waals surface area contributed by atoms with Crippen LogP contribution in [-0.2, 0) is 4.74 Å². The lowest BCUT2D eigenvalue weighted by Crippen LogP contribution is -2.44. The Balaban J connectivity index is 2.01. The number of carbonyl (C=O) groups excluding carboxylic acids is 1. The molecule has 0 aliphatic carbocycles. The summed E-state index contributed by atoms with van der Waals surface area (Å²) in [6.07, 6.45) is 1.94. The van der Waals surface area contributed by atoms with Gasteiger partial charge in [-0.25, -0.2) is 4.79 Å². The molecule has 0 saturated carbocycles. The molecule has 1 unspecified atom stereocenters. The summed E-state index contributed by atoms with van der Waals surface area (Å²) < 4.78 is 5.31. The Morgan fingerprint density at radius 2 is 2.15 bits per heavy atom. The van der Waals surface area contributed by atoms with Gasteiger partial charge in [0.25, 0.3) is 0 Å². The number of amides is 1. The zero-order chi connectivity index (χ0) is 9.31. The highest BCUT2D eigenvalue weighted by Crippen LogP contribution is 2.31. The van der Waals surface area contributed by atoms with Crippen LogP contribution in [0, 0.1) is 5.92 Å². The van der Waals surface area contributed by atoms with Crippen LogP contribution in [0.3, 0.4) is 0 Å². The highest BCUT2D eigenvalue weighted by atomic mass is 16.6. The van der Waals surface area contributed by atoms with Crippen molar-refractivity contribution in [1.29, 1.82) is 0 Å². The quantitative estimate of drug-likeness (QED) is 0.623. The smallest absolute Gasteiger partial charge is 0.407 e. The predicted molar refractivity (Wildman–Crippen MR) is 48.5 cm³/mol. The molecule has 2 aliphatic heterocycles. The average Bonchev–Trinajstić information content (AvgIpc) is 2.49. The minimum Gasteiger partial charge on any atom is -0.441 e. The second-order valence-electron chi connectivity index (χ2n) is 4.08. The molecule has 1 amide bonds. The predicted octanol–water partition coefficient (Wildman–Crippen LogP) is 0.485. The molecular formula is C9H16N2O2. The lowest BCUT2D eigenvalue weighted by atomic mass is 9.82. The lowest BCUT2D eigenvalue weighted by Gasteiger charge is -2.34. The first-order valence-corrected chi connectivity index (χ1v) is 4.88. The van der Waals surface area contributed by atoms with Gasteiger partial charge in [-0.2, -0.15) is 0 Å². The van der Waals surface area contributed by atoms with Gasteiger partial charge in [0.2, 0.25) is 0 Å². The van der Waals surface area contributed by atoms with Crippen molar-refractivity contribution < 1.29 is 9.53 Å². The molecule has 2 N–H and O–H groups in total. The lowest BCUT2D eigenvalue weighted by molar-refractivity contribution is 0.00959. The van der Waals surface area contributed by atoms with Gasteiger partial charge < -0.3 is 15.4 Å². The number of rotatable bonds is 1. The highest BCUT2D eigenvalue weighted by Gasteiger charge is 2.42. The molecular weight excluding hydrogens is 168 g/mol. The van der Waals surface area contributed by atoms with Crippen molar-refractivity contribution in [2.24, 2.45) is 5.92 Å². The van der Waals surface area contributed by atoms with Crippen molar-refractivity contribution >= 4 is 6.09 Å². The Hall–Kier alpha value is -0.770. The number of nitrogens with one attached hydrogen (secondary N) is 2. The van der Waals surface area contributed by atoms with Gasteiger partial charge in [0, 0.05) is 5.92 Å². The van der Waals surface area contributed by atoms with E-state index in [0.717, 1.165) is 25.9 Å². The van der Waals surface area contributed by atoms with E-state index in [2.05, 4.69) is 10.6 Å². The number of ether oxygens (including phenoxy) is 1. The van der Waals surface area contributed by atoms with Crippen molar-refractivity contribution in [3.63, 3.8) is 0 Å². The molecule has 2 fully saturated rings. The Labute approximate surface area is 78.0 Å². The van der Waals surface area contributed by atoms with E-state index >= 15 is 0 Å². The molecule has 74 valence electrons. The average molecular weight is 184 g/mol. The van der Waals surface area contributed by atoms with Gasteiger partial charge in [-0.1, -0.05) is 0 Å². The van der Waals surface area contributed by atoms with Gasteiger partial charge in [0.05, 0.1) is 6.54 Å². The number of alkyl carbamates (subject to hydrolysis) is 1. The SMILES string of the molecule is CC1(C2CCNCC2)CNC(=O)O1. The summed E-state index contributed by atoms with van der Waals surface area (Å²) in [7, 11) is 0. The van der Waals surface area contributed by atoms with Crippen molar-refractivity contribution in [3.8, 4) is 0 Å². The maximum atomic E-state index is 11.0. The van der Waals surface area contributed by atoms with Gasteiger partial charge in [-0.05, 0) is 32.9 Å². The summed E-state index contributed by atoms with van der Waals surface area (Å²) in [6, 6.07) is 0. The maximum Gasteiger partial charge on any atom is 0.407 e. The van der Waals surface area contributed by atoms with Crippen LogP contribution >= 0.6 is 0 Å². The van der Waals surface area contributed by atoms with Gasteiger partial charge >= 0.3 is 6.09 Å². The van der Waals surface area contributed by atoms with Gasteiger partial charge in [0.15, 0.2) is 0 Å². The highest BCUT2D eigenvalue weighted by molar-refractivity contribution is 5.70. The van der Waals surface area contributed by atoms with Crippen LogP contribution < -0.4 is 10.6 Å². The number of cyclic esters (lactones) is 1. The molecule has 4 nitrogen and oxygen atoms in total. The van der Waals surface area contributed by atoms with Crippen LogP contribution in [0.25, 0.3) is 0 Å². The Morgan fingerprint density at radius 3 is 2.69 bits per heavy atom. The van der Waals surface area contributed by atoms with Gasteiger partial charge in [-0.15, -0.1) is 0 Å². The molecule has 2 rings (SSSR count). The molecule has 2 saturated heterocycles. The fraction of sp³-hybridized carbons (Fsp3) is 0.889. The van der Waals surface area contributed by atoms with E-state index in [4.69, 9.17) is 4.74 Å². The van der Waals surface area contributed by atoms with Crippen LogP contribution in [-0.4, -0.2) is 31.3 Å². The molecule has 0 bridgehead atoms. The third-order valence-corrected chi connectivity index (χ3v) is 3.11. The monoisotopic (exact) mass is 184 g/mol. The van der Waals surface area contributed by atoms with E-state index in [0.29, 0.717) is 12.5 Å². The zero-order valence-electron chi connectivity index (χ0n) is 7.93. The van der Waals surface area contributed by atoms with Crippen LogP contribution in [0.1, 0.15) is 19.8 Å². The number of hydrogen-bond donors (Lipinski definition) is 2. The van der Waals surface area contributed by atoms with E-state index < -0.39 is 0 Å². The summed E-state index contributed by atoms with van der Waals surface area (Å²) in [5.41, 5.74) is -0.265. The fourth-order valence-electron chi connectivity index (χ4n) is 2.19. The first-order valence-electron chi connectivity index (χ1n) is 4.88. The molecule has 0 radical (unpaired) electrons. The van der Waals surface area contributed by atoms with E-state index in [1.165, 1.54) is 0 Å². The second-order valence-corrected chi connectivity index (χ2v) is 4.08. The van der Waals surface area contributed by atoms with Crippen molar-refractivity contribution in [3.05, 3.63) is 0 Å². The molecule has 4 heteroatoms. The molecule has 1 atom stereocenters. The standard InChI is InChI=1S/C9H16N2O2/c1-9(6-11-8(12)13-9)7-2-4-10-5-3-7/h7,10H,2-6H2,1H3,(H,11,12). The van der Waals surface area contributed by atoms with E-state index in [9.17, 15) is 4.79 Å². The first kappa shape index (κ1) is 8.81. The Bertz CT molecular complexity index is 214. The summed E-state index contributed by atoms with van der Waals surface area (Å²) in [4.78, 5) is 11.0. The third-order valence-electron chi connectivity index (χ3n) is 3.11. The number of piperidine rings is 1. The number of hydrogen-bond acceptors (Lipinski definition) is 3. The zero-order valence-corrected chi connectivity index (χ0v) is 7.93. The normalized spacial score (nSPS) is 35.6. The summed E-state index contributed by atoms with van der Waals surface area (Å²) in [5, 5.41) is 6.03. The molecule has 2 aliphatic rings. The second kappa shape index (κ2) is 3.18. The molecule has 0 aromatic rings. The molecule has 0 spiro atoms. The van der Waals surface area contributed by atoms with Crippen molar-refractivity contribution in [1.82, 2.24) is 10.6 Å². The Morgan fingerprint density at radius 1 is 1.46 bits per heavy atom. The third kappa shape index (κ3) is 1.63. The van der Waals surface area contributed by atoms with Crippen LogP contribution in [0.15, 0.2) is 0 Å². The van der Waals surface area contributed by atoms with Gasteiger partial charge in [-0.3, -0.25) is 0 Å². The van der Waals surface area contributed by atoms with Crippen molar-refractivity contribution in [2.75, 3.05) is 19.6 Å².